The predicted molar refractivity (Wildman–Crippen MR) is 55.7 cm³/mol. The smallest absolute Gasteiger partial charge is 0.119 e. The molecule has 2 rings (SSSR count). The Morgan fingerprint density at radius 2 is 2.23 bits per heavy atom. The zero-order chi connectivity index (χ0) is 9.42. The molecular formula is C10H12BrNO. The van der Waals surface area contributed by atoms with Crippen molar-refractivity contribution in [3.05, 3.63) is 27.7 Å². The van der Waals surface area contributed by atoms with Gasteiger partial charge in [0.25, 0.3) is 0 Å². The van der Waals surface area contributed by atoms with Gasteiger partial charge < -0.3 is 10.8 Å². The van der Waals surface area contributed by atoms with Crippen molar-refractivity contribution < 1.29 is 5.11 Å². The molecule has 1 aliphatic carbocycles. The van der Waals surface area contributed by atoms with Gasteiger partial charge in [0.05, 0.1) is 0 Å². The Bertz CT molecular complexity index is 338. The number of rotatable bonds is 0. The standard InChI is InChI=1S/C10H12BrNO/c11-7-4-5-9(13)6-2-1-3-8(12)10(6)7/h4-5,8,13H,1-3,12H2. The summed E-state index contributed by atoms with van der Waals surface area (Å²) in [5, 5.41) is 9.62. The molecule has 2 nitrogen and oxygen atoms in total. The van der Waals surface area contributed by atoms with Gasteiger partial charge in [-0.2, -0.15) is 0 Å². The summed E-state index contributed by atoms with van der Waals surface area (Å²) in [5.41, 5.74) is 8.09. The third-order valence-electron chi connectivity index (χ3n) is 2.59. The molecule has 0 aromatic heterocycles. The van der Waals surface area contributed by atoms with Crippen molar-refractivity contribution >= 4 is 15.9 Å². The van der Waals surface area contributed by atoms with Gasteiger partial charge >= 0.3 is 0 Å². The van der Waals surface area contributed by atoms with Crippen molar-refractivity contribution in [2.45, 2.75) is 25.3 Å². The van der Waals surface area contributed by atoms with Crippen molar-refractivity contribution in [3.63, 3.8) is 0 Å². The van der Waals surface area contributed by atoms with E-state index in [4.69, 9.17) is 5.73 Å². The second kappa shape index (κ2) is 3.31. The van der Waals surface area contributed by atoms with E-state index < -0.39 is 0 Å². The number of hydrogen-bond acceptors (Lipinski definition) is 2. The first kappa shape index (κ1) is 9.03. The number of aromatic hydroxyl groups is 1. The lowest BCUT2D eigenvalue weighted by molar-refractivity contribution is 0.454. The number of benzene rings is 1. The molecule has 3 heteroatoms. The molecule has 13 heavy (non-hydrogen) atoms. The first-order valence-electron chi connectivity index (χ1n) is 4.46. The molecule has 3 N–H and O–H groups in total. The molecular weight excluding hydrogens is 230 g/mol. The minimum atomic E-state index is 0.0743. The van der Waals surface area contributed by atoms with Crippen LogP contribution in [0.5, 0.6) is 5.75 Å². The first-order chi connectivity index (χ1) is 6.20. The highest BCUT2D eigenvalue weighted by Gasteiger charge is 2.21. The Labute approximate surface area is 85.9 Å². The van der Waals surface area contributed by atoms with Crippen LogP contribution in [0.15, 0.2) is 16.6 Å². The SMILES string of the molecule is NC1CCCc2c(O)ccc(Br)c21. The monoisotopic (exact) mass is 241 g/mol. The Balaban J connectivity index is 2.60. The molecule has 0 saturated heterocycles. The van der Waals surface area contributed by atoms with Crippen LogP contribution in [-0.4, -0.2) is 5.11 Å². The van der Waals surface area contributed by atoms with Crippen molar-refractivity contribution in [3.8, 4) is 5.75 Å². The van der Waals surface area contributed by atoms with Crippen LogP contribution in [0, 0.1) is 0 Å². The van der Waals surface area contributed by atoms with Crippen molar-refractivity contribution in [1.82, 2.24) is 0 Å². The van der Waals surface area contributed by atoms with Crippen LogP contribution in [0.2, 0.25) is 0 Å². The largest absolute Gasteiger partial charge is 0.508 e. The average molecular weight is 242 g/mol. The minimum absolute atomic E-state index is 0.0743. The molecule has 0 heterocycles. The Hall–Kier alpha value is -0.540. The van der Waals surface area contributed by atoms with Crippen LogP contribution in [-0.2, 0) is 6.42 Å². The minimum Gasteiger partial charge on any atom is -0.508 e. The van der Waals surface area contributed by atoms with Gasteiger partial charge in [0.2, 0.25) is 0 Å². The molecule has 0 saturated carbocycles. The van der Waals surface area contributed by atoms with E-state index >= 15 is 0 Å². The normalized spacial score (nSPS) is 21.2. The predicted octanol–water partition coefficient (Wildman–Crippen LogP) is 2.49. The first-order valence-corrected chi connectivity index (χ1v) is 5.25. The number of hydrogen-bond donors (Lipinski definition) is 2. The van der Waals surface area contributed by atoms with E-state index in [1.54, 1.807) is 6.07 Å². The third kappa shape index (κ3) is 1.46. The second-order valence-corrected chi connectivity index (χ2v) is 4.31. The fourth-order valence-corrected chi connectivity index (χ4v) is 2.60. The zero-order valence-electron chi connectivity index (χ0n) is 7.26. The van der Waals surface area contributed by atoms with Gasteiger partial charge in [0, 0.05) is 10.5 Å². The molecule has 0 aliphatic heterocycles. The summed E-state index contributed by atoms with van der Waals surface area (Å²) in [6.07, 6.45) is 3.02. The molecule has 0 bridgehead atoms. The summed E-state index contributed by atoms with van der Waals surface area (Å²) in [5.74, 6) is 0.383. The Morgan fingerprint density at radius 1 is 1.46 bits per heavy atom. The molecule has 1 aromatic rings. The highest BCUT2D eigenvalue weighted by atomic mass is 79.9. The fourth-order valence-electron chi connectivity index (χ4n) is 1.93. The highest BCUT2D eigenvalue weighted by molar-refractivity contribution is 9.10. The topological polar surface area (TPSA) is 46.2 Å². The van der Waals surface area contributed by atoms with Crippen LogP contribution in [0.1, 0.15) is 30.0 Å². The Kier molecular flexibility index (Phi) is 2.30. The van der Waals surface area contributed by atoms with E-state index in [0.29, 0.717) is 5.75 Å². The molecule has 0 amide bonds. The van der Waals surface area contributed by atoms with Gasteiger partial charge in [-0.1, -0.05) is 15.9 Å². The molecule has 1 unspecified atom stereocenters. The van der Waals surface area contributed by atoms with Gasteiger partial charge in [-0.3, -0.25) is 0 Å². The molecule has 1 aliphatic rings. The van der Waals surface area contributed by atoms with Gasteiger partial charge in [-0.25, -0.2) is 0 Å². The fraction of sp³-hybridized carbons (Fsp3) is 0.400. The van der Waals surface area contributed by atoms with E-state index in [-0.39, 0.29) is 6.04 Å². The zero-order valence-corrected chi connectivity index (χ0v) is 8.84. The van der Waals surface area contributed by atoms with Gasteiger partial charge in [-0.15, -0.1) is 0 Å². The summed E-state index contributed by atoms with van der Waals surface area (Å²) >= 11 is 3.47. The van der Waals surface area contributed by atoms with Crippen molar-refractivity contribution in [1.29, 1.82) is 0 Å². The maximum absolute atomic E-state index is 9.62. The van der Waals surface area contributed by atoms with Crippen molar-refractivity contribution in [2.24, 2.45) is 5.73 Å². The Morgan fingerprint density at radius 3 is 2.92 bits per heavy atom. The molecule has 1 aromatic carbocycles. The lowest BCUT2D eigenvalue weighted by Crippen LogP contribution is -2.18. The van der Waals surface area contributed by atoms with Crippen LogP contribution < -0.4 is 5.73 Å². The van der Waals surface area contributed by atoms with Crippen molar-refractivity contribution in [2.75, 3.05) is 0 Å². The maximum Gasteiger partial charge on any atom is 0.119 e. The van der Waals surface area contributed by atoms with Gasteiger partial charge in [0.15, 0.2) is 0 Å². The van der Waals surface area contributed by atoms with Crippen LogP contribution in [0.3, 0.4) is 0 Å². The van der Waals surface area contributed by atoms with E-state index in [1.165, 1.54) is 0 Å². The van der Waals surface area contributed by atoms with Crippen LogP contribution in [0.4, 0.5) is 0 Å². The number of nitrogens with two attached hydrogens (primary N) is 1. The maximum atomic E-state index is 9.62. The van der Waals surface area contributed by atoms with E-state index in [2.05, 4.69) is 15.9 Å². The summed E-state index contributed by atoms with van der Waals surface area (Å²) in [7, 11) is 0. The quantitative estimate of drug-likeness (QED) is 0.734. The number of phenols is 1. The van der Waals surface area contributed by atoms with E-state index in [1.807, 2.05) is 6.07 Å². The van der Waals surface area contributed by atoms with Gasteiger partial charge in [0.1, 0.15) is 5.75 Å². The molecule has 70 valence electrons. The number of fused-ring (bicyclic) bond motifs is 1. The summed E-state index contributed by atoms with van der Waals surface area (Å²) < 4.78 is 1.02. The van der Waals surface area contributed by atoms with Crippen LogP contribution in [0.25, 0.3) is 0 Å². The lowest BCUT2D eigenvalue weighted by atomic mass is 9.88. The summed E-state index contributed by atoms with van der Waals surface area (Å²) in [4.78, 5) is 0. The van der Waals surface area contributed by atoms with Gasteiger partial charge in [-0.05, 0) is 42.5 Å². The highest BCUT2D eigenvalue weighted by Crippen LogP contribution is 2.38. The van der Waals surface area contributed by atoms with E-state index in [0.717, 1.165) is 34.9 Å². The lowest BCUT2D eigenvalue weighted by Gasteiger charge is -2.24. The van der Waals surface area contributed by atoms with E-state index in [9.17, 15) is 5.11 Å². The number of halogens is 1. The molecule has 0 spiro atoms. The molecule has 1 atom stereocenters. The average Bonchev–Trinajstić information content (AvgIpc) is 2.12. The molecule has 0 radical (unpaired) electrons. The second-order valence-electron chi connectivity index (χ2n) is 3.46. The summed E-state index contributed by atoms with van der Waals surface area (Å²) in [6.45, 7) is 0. The van der Waals surface area contributed by atoms with Crippen LogP contribution >= 0.6 is 15.9 Å². The number of phenolic OH excluding ortho intramolecular Hbond substituents is 1. The molecule has 0 fully saturated rings. The third-order valence-corrected chi connectivity index (χ3v) is 3.28. The summed E-state index contributed by atoms with van der Waals surface area (Å²) in [6, 6.07) is 3.66.